The fraction of sp³-hybridized carbons (Fsp3) is 0.583. The Morgan fingerprint density at radius 1 is 1.56 bits per heavy atom. The average molecular weight is 225 g/mol. The maximum absolute atomic E-state index is 11.5. The monoisotopic (exact) mass is 225 g/mol. The van der Waals surface area contributed by atoms with Gasteiger partial charge in [-0.1, -0.05) is 20.8 Å². The predicted molar refractivity (Wildman–Crippen MR) is 61.1 cm³/mol. The topological polar surface area (TPSA) is 62.5 Å². The van der Waals surface area contributed by atoms with E-state index in [2.05, 4.69) is 5.32 Å². The highest BCUT2D eigenvalue weighted by atomic mass is 16.3. The van der Waals surface area contributed by atoms with E-state index >= 15 is 0 Å². The van der Waals surface area contributed by atoms with Crippen molar-refractivity contribution in [2.75, 3.05) is 6.54 Å². The molecule has 4 nitrogen and oxygen atoms in total. The van der Waals surface area contributed by atoms with Crippen LogP contribution in [0.25, 0.3) is 0 Å². The number of carbonyl (C=O) groups is 1. The Balaban J connectivity index is 2.29. The lowest BCUT2D eigenvalue weighted by Crippen LogP contribution is -2.32. The van der Waals surface area contributed by atoms with Gasteiger partial charge in [-0.25, -0.2) is 0 Å². The minimum atomic E-state index is -0.426. The van der Waals surface area contributed by atoms with E-state index in [9.17, 15) is 9.90 Å². The zero-order chi connectivity index (χ0) is 12.2. The molecule has 0 aromatic carbocycles. The molecule has 0 saturated carbocycles. The maximum Gasteiger partial charge on any atom is 0.286 e. The van der Waals surface area contributed by atoms with Gasteiger partial charge in [-0.2, -0.15) is 0 Å². The number of amides is 1. The van der Waals surface area contributed by atoms with Crippen molar-refractivity contribution in [3.63, 3.8) is 0 Å². The minimum Gasteiger partial charge on any atom is -0.459 e. The SMILES string of the molecule is CC(C)(C)[C@H](O)CCNC(=O)c1ccco1. The van der Waals surface area contributed by atoms with Gasteiger partial charge >= 0.3 is 0 Å². The van der Waals surface area contributed by atoms with Gasteiger partial charge in [0.05, 0.1) is 12.4 Å². The second kappa shape index (κ2) is 5.16. The first-order valence-electron chi connectivity index (χ1n) is 5.41. The molecule has 1 atom stereocenters. The summed E-state index contributed by atoms with van der Waals surface area (Å²) in [5.41, 5.74) is -0.157. The zero-order valence-corrected chi connectivity index (χ0v) is 9.99. The summed E-state index contributed by atoms with van der Waals surface area (Å²) in [6.45, 7) is 6.34. The zero-order valence-electron chi connectivity index (χ0n) is 9.99. The van der Waals surface area contributed by atoms with Crippen LogP contribution in [0.15, 0.2) is 22.8 Å². The highest BCUT2D eigenvalue weighted by molar-refractivity contribution is 5.91. The molecule has 0 aliphatic carbocycles. The lowest BCUT2D eigenvalue weighted by molar-refractivity contribution is 0.0549. The third-order valence-corrected chi connectivity index (χ3v) is 2.45. The number of nitrogens with one attached hydrogen (secondary N) is 1. The Kier molecular flexibility index (Phi) is 4.12. The van der Waals surface area contributed by atoms with E-state index in [4.69, 9.17) is 4.42 Å². The van der Waals surface area contributed by atoms with Gasteiger partial charge in [-0.05, 0) is 24.0 Å². The summed E-state index contributed by atoms with van der Waals surface area (Å²) in [4.78, 5) is 11.5. The van der Waals surface area contributed by atoms with Crippen LogP contribution in [-0.2, 0) is 0 Å². The smallest absolute Gasteiger partial charge is 0.286 e. The maximum atomic E-state index is 11.5. The molecule has 1 amide bonds. The van der Waals surface area contributed by atoms with Crippen molar-refractivity contribution < 1.29 is 14.3 Å². The number of rotatable bonds is 4. The van der Waals surface area contributed by atoms with Gasteiger partial charge in [0.1, 0.15) is 0 Å². The van der Waals surface area contributed by atoms with Crippen LogP contribution >= 0.6 is 0 Å². The molecule has 90 valence electrons. The summed E-state index contributed by atoms with van der Waals surface area (Å²) < 4.78 is 4.95. The van der Waals surface area contributed by atoms with Gasteiger partial charge < -0.3 is 14.8 Å². The van der Waals surface area contributed by atoms with Gasteiger partial charge in [0.25, 0.3) is 5.91 Å². The van der Waals surface area contributed by atoms with E-state index in [-0.39, 0.29) is 11.3 Å². The standard InChI is InChI=1S/C12H19NO3/c1-12(2,3)10(14)6-7-13-11(15)9-5-4-8-16-9/h4-5,8,10,14H,6-7H2,1-3H3,(H,13,15)/t10-/m1/s1. The minimum absolute atomic E-state index is 0.157. The number of hydrogen-bond donors (Lipinski definition) is 2. The van der Waals surface area contributed by atoms with E-state index in [1.54, 1.807) is 12.1 Å². The summed E-state index contributed by atoms with van der Waals surface area (Å²) in [7, 11) is 0. The van der Waals surface area contributed by atoms with Crippen molar-refractivity contribution in [1.29, 1.82) is 0 Å². The summed E-state index contributed by atoms with van der Waals surface area (Å²) in [5, 5.41) is 12.4. The molecule has 1 aromatic heterocycles. The van der Waals surface area contributed by atoms with Gasteiger partial charge in [-0.15, -0.1) is 0 Å². The largest absolute Gasteiger partial charge is 0.459 e. The predicted octanol–water partition coefficient (Wildman–Crippen LogP) is 1.81. The first-order chi connectivity index (χ1) is 7.41. The number of carbonyl (C=O) groups excluding carboxylic acids is 1. The van der Waals surface area contributed by atoms with Crippen LogP contribution in [-0.4, -0.2) is 23.7 Å². The van der Waals surface area contributed by atoms with Gasteiger partial charge in [-0.3, -0.25) is 4.79 Å². The summed E-state index contributed by atoms with van der Waals surface area (Å²) in [6, 6.07) is 3.27. The van der Waals surface area contributed by atoms with E-state index in [1.165, 1.54) is 6.26 Å². The fourth-order valence-corrected chi connectivity index (χ4v) is 1.25. The van der Waals surface area contributed by atoms with Crippen LogP contribution in [0.4, 0.5) is 0 Å². The molecule has 1 aromatic rings. The first kappa shape index (κ1) is 12.8. The van der Waals surface area contributed by atoms with Crippen molar-refractivity contribution in [1.82, 2.24) is 5.32 Å². The quantitative estimate of drug-likeness (QED) is 0.821. The van der Waals surface area contributed by atoms with Crippen LogP contribution in [0, 0.1) is 5.41 Å². The van der Waals surface area contributed by atoms with Gasteiger partial charge in [0.15, 0.2) is 5.76 Å². The molecule has 2 N–H and O–H groups in total. The summed E-state index contributed by atoms with van der Waals surface area (Å²) >= 11 is 0. The van der Waals surface area contributed by atoms with Crippen molar-refractivity contribution >= 4 is 5.91 Å². The molecule has 0 unspecified atom stereocenters. The molecule has 0 radical (unpaired) electrons. The van der Waals surface area contributed by atoms with E-state index in [0.717, 1.165) is 0 Å². The third kappa shape index (κ3) is 3.70. The lowest BCUT2D eigenvalue weighted by atomic mass is 9.87. The molecule has 0 aliphatic rings. The van der Waals surface area contributed by atoms with Gasteiger partial charge in [0, 0.05) is 6.54 Å². The molecule has 16 heavy (non-hydrogen) atoms. The molecule has 0 aliphatic heterocycles. The third-order valence-electron chi connectivity index (χ3n) is 2.45. The molecule has 4 heteroatoms. The van der Waals surface area contributed by atoms with Crippen LogP contribution in [0.2, 0.25) is 0 Å². The molecular formula is C12H19NO3. The highest BCUT2D eigenvalue weighted by Crippen LogP contribution is 2.20. The Bertz CT molecular complexity index is 325. The number of aliphatic hydroxyl groups is 1. The Morgan fingerprint density at radius 2 is 2.25 bits per heavy atom. The van der Waals surface area contributed by atoms with Crippen molar-refractivity contribution in [2.24, 2.45) is 5.41 Å². The first-order valence-corrected chi connectivity index (χ1v) is 5.41. The molecule has 1 rings (SSSR count). The molecule has 0 bridgehead atoms. The second-order valence-corrected chi connectivity index (χ2v) is 4.90. The highest BCUT2D eigenvalue weighted by Gasteiger charge is 2.21. The molecule has 1 heterocycles. The summed E-state index contributed by atoms with van der Waals surface area (Å²) in [6.07, 6.45) is 1.57. The van der Waals surface area contributed by atoms with Crippen molar-refractivity contribution in [3.05, 3.63) is 24.2 Å². The molecule has 0 fully saturated rings. The van der Waals surface area contributed by atoms with Gasteiger partial charge in [0.2, 0.25) is 0 Å². The summed E-state index contributed by atoms with van der Waals surface area (Å²) in [5.74, 6) is 0.0522. The molecular weight excluding hydrogens is 206 g/mol. The Labute approximate surface area is 95.7 Å². The Morgan fingerprint density at radius 3 is 2.75 bits per heavy atom. The number of hydrogen-bond acceptors (Lipinski definition) is 3. The van der Waals surface area contributed by atoms with Crippen molar-refractivity contribution in [3.8, 4) is 0 Å². The lowest BCUT2D eigenvalue weighted by Gasteiger charge is -2.25. The Hall–Kier alpha value is -1.29. The van der Waals surface area contributed by atoms with E-state index < -0.39 is 6.10 Å². The molecule has 0 saturated heterocycles. The van der Waals surface area contributed by atoms with E-state index in [1.807, 2.05) is 20.8 Å². The molecule has 0 spiro atoms. The normalized spacial score (nSPS) is 13.5. The fourth-order valence-electron chi connectivity index (χ4n) is 1.25. The van der Waals surface area contributed by atoms with Crippen LogP contribution in [0.5, 0.6) is 0 Å². The number of furan rings is 1. The van der Waals surface area contributed by atoms with Crippen LogP contribution in [0.1, 0.15) is 37.7 Å². The van der Waals surface area contributed by atoms with Crippen molar-refractivity contribution in [2.45, 2.75) is 33.3 Å². The second-order valence-electron chi connectivity index (χ2n) is 4.90. The average Bonchev–Trinajstić information content (AvgIpc) is 2.68. The van der Waals surface area contributed by atoms with Crippen LogP contribution in [0.3, 0.4) is 0 Å². The number of aliphatic hydroxyl groups excluding tert-OH is 1. The van der Waals surface area contributed by atoms with Crippen LogP contribution < -0.4 is 5.32 Å². The van der Waals surface area contributed by atoms with E-state index in [0.29, 0.717) is 18.7 Å².